The summed E-state index contributed by atoms with van der Waals surface area (Å²) in [6.45, 7) is 4.28. The largest absolute Gasteiger partial charge is 0.497 e. The van der Waals surface area contributed by atoms with E-state index in [1.54, 1.807) is 12.0 Å². The number of carbonyl (C=O) groups excluding carboxylic acids is 3. The fraction of sp³-hybridized carbons (Fsp3) is 0.303. The number of nitrogens with zero attached hydrogens (tertiary/aromatic N) is 1. The fourth-order valence-electron chi connectivity index (χ4n) is 6.13. The first kappa shape index (κ1) is 26.6. The number of fused-ring (bicyclic) bond motifs is 7. The predicted molar refractivity (Wildman–Crippen MR) is 156 cm³/mol. The van der Waals surface area contributed by atoms with E-state index in [0.717, 1.165) is 39.0 Å². The van der Waals surface area contributed by atoms with E-state index in [2.05, 4.69) is 15.6 Å². The number of para-hydroxylation sites is 1. The van der Waals surface area contributed by atoms with Crippen molar-refractivity contribution in [1.82, 2.24) is 20.5 Å². The lowest BCUT2D eigenvalue weighted by Crippen LogP contribution is -2.58. The van der Waals surface area contributed by atoms with Gasteiger partial charge in [-0.2, -0.15) is 0 Å². The molecular formula is C33H34N4O4. The summed E-state index contributed by atoms with van der Waals surface area (Å²) in [5.41, 5.74) is 5.39. The standard InChI is InChI=1S/C33H34N4O4/c1-4-19(2)28(32(39)34-18-20-13-15-21(41-3)16-14-20)36-31(38)27-17-25-22-9-7-8-12-26(22)35-29(25)30-23-10-5-6-11-24(23)33(40)37(27)30/h5-16,19,27-28,30,35H,4,17-18H2,1-3H3,(H,34,39)(H,36,38). The summed E-state index contributed by atoms with van der Waals surface area (Å²) in [5.74, 6) is -0.104. The van der Waals surface area contributed by atoms with Crippen LogP contribution in [0.15, 0.2) is 72.8 Å². The maximum atomic E-state index is 14.1. The Morgan fingerprint density at radius 3 is 2.54 bits per heavy atom. The Morgan fingerprint density at radius 1 is 1.05 bits per heavy atom. The Bertz CT molecular complexity index is 1630. The van der Waals surface area contributed by atoms with Gasteiger partial charge in [-0.3, -0.25) is 14.4 Å². The molecule has 0 fully saturated rings. The van der Waals surface area contributed by atoms with E-state index >= 15 is 0 Å². The lowest BCUT2D eigenvalue weighted by Gasteiger charge is -2.38. The second-order valence-electron chi connectivity index (χ2n) is 10.9. The molecule has 4 aromatic rings. The minimum absolute atomic E-state index is 0.107. The summed E-state index contributed by atoms with van der Waals surface area (Å²) in [7, 11) is 1.61. The molecule has 0 bridgehead atoms. The highest BCUT2D eigenvalue weighted by Crippen LogP contribution is 2.46. The monoisotopic (exact) mass is 550 g/mol. The van der Waals surface area contributed by atoms with Crippen molar-refractivity contribution in [1.29, 1.82) is 0 Å². The Morgan fingerprint density at radius 2 is 1.78 bits per heavy atom. The summed E-state index contributed by atoms with van der Waals surface area (Å²) in [6, 6.07) is 21.2. The van der Waals surface area contributed by atoms with Gasteiger partial charge in [0.2, 0.25) is 11.8 Å². The first-order chi connectivity index (χ1) is 19.9. The first-order valence-corrected chi connectivity index (χ1v) is 14.1. The van der Waals surface area contributed by atoms with Crippen LogP contribution < -0.4 is 15.4 Å². The summed E-state index contributed by atoms with van der Waals surface area (Å²) >= 11 is 0. The average molecular weight is 551 g/mol. The van der Waals surface area contributed by atoms with Gasteiger partial charge in [-0.25, -0.2) is 0 Å². The molecule has 41 heavy (non-hydrogen) atoms. The molecule has 2 aliphatic rings. The lowest BCUT2D eigenvalue weighted by molar-refractivity contribution is -0.133. The molecule has 3 aromatic carbocycles. The van der Waals surface area contributed by atoms with E-state index in [4.69, 9.17) is 4.74 Å². The molecule has 4 atom stereocenters. The number of methoxy groups -OCH3 is 1. The van der Waals surface area contributed by atoms with Crippen LogP contribution in [0.1, 0.15) is 59.1 Å². The van der Waals surface area contributed by atoms with Crippen molar-refractivity contribution in [3.8, 4) is 5.75 Å². The van der Waals surface area contributed by atoms with Gasteiger partial charge >= 0.3 is 0 Å². The van der Waals surface area contributed by atoms with Crippen LogP contribution in [-0.2, 0) is 22.6 Å². The number of amides is 3. The predicted octanol–water partition coefficient (Wildman–Crippen LogP) is 4.49. The number of aromatic amines is 1. The third kappa shape index (κ3) is 4.63. The summed E-state index contributed by atoms with van der Waals surface area (Å²) in [6.07, 6.45) is 1.07. The number of benzene rings is 3. The van der Waals surface area contributed by atoms with Crippen molar-refractivity contribution >= 4 is 28.6 Å². The number of aromatic nitrogens is 1. The molecule has 3 heterocycles. The molecule has 0 saturated heterocycles. The van der Waals surface area contributed by atoms with E-state index in [-0.39, 0.29) is 23.6 Å². The Kier molecular flexibility index (Phi) is 6.99. The highest BCUT2D eigenvalue weighted by molar-refractivity contribution is 6.04. The normalized spacial score (nSPS) is 18.7. The van der Waals surface area contributed by atoms with Gasteiger partial charge in [-0.1, -0.05) is 68.8 Å². The Hall–Kier alpha value is -4.59. The molecule has 0 radical (unpaired) electrons. The average Bonchev–Trinajstić information content (AvgIpc) is 3.53. The van der Waals surface area contributed by atoms with E-state index in [0.29, 0.717) is 24.9 Å². The molecule has 6 rings (SSSR count). The zero-order valence-electron chi connectivity index (χ0n) is 23.4. The van der Waals surface area contributed by atoms with Crippen molar-refractivity contribution in [3.63, 3.8) is 0 Å². The summed E-state index contributed by atoms with van der Waals surface area (Å²) in [4.78, 5) is 46.5. The topological polar surface area (TPSA) is 104 Å². The minimum Gasteiger partial charge on any atom is -0.497 e. The van der Waals surface area contributed by atoms with Gasteiger partial charge in [0.25, 0.3) is 5.91 Å². The van der Waals surface area contributed by atoms with Gasteiger partial charge in [-0.05, 0) is 46.9 Å². The molecule has 210 valence electrons. The number of hydrogen-bond donors (Lipinski definition) is 3. The highest BCUT2D eigenvalue weighted by atomic mass is 16.5. The number of nitrogens with one attached hydrogen (secondary N) is 3. The number of rotatable bonds is 8. The van der Waals surface area contributed by atoms with Crippen molar-refractivity contribution in [2.24, 2.45) is 5.92 Å². The highest BCUT2D eigenvalue weighted by Gasteiger charge is 2.49. The first-order valence-electron chi connectivity index (χ1n) is 14.1. The van der Waals surface area contributed by atoms with Gasteiger partial charge in [0.1, 0.15) is 17.8 Å². The van der Waals surface area contributed by atoms with Crippen LogP contribution in [0.25, 0.3) is 10.9 Å². The van der Waals surface area contributed by atoms with Gasteiger partial charge in [0.05, 0.1) is 13.2 Å². The summed E-state index contributed by atoms with van der Waals surface area (Å²) in [5, 5.41) is 7.08. The van der Waals surface area contributed by atoms with E-state index in [1.165, 1.54) is 0 Å². The van der Waals surface area contributed by atoms with Crippen LogP contribution in [0.2, 0.25) is 0 Å². The molecule has 3 N–H and O–H groups in total. The molecule has 8 heteroatoms. The third-order valence-corrected chi connectivity index (χ3v) is 8.57. The summed E-state index contributed by atoms with van der Waals surface area (Å²) < 4.78 is 5.21. The van der Waals surface area contributed by atoms with Crippen LogP contribution in [0.3, 0.4) is 0 Å². The van der Waals surface area contributed by atoms with E-state index < -0.39 is 18.1 Å². The molecular weight excluding hydrogens is 516 g/mol. The number of H-pyrrole nitrogens is 1. The Balaban J connectivity index is 1.29. The second-order valence-corrected chi connectivity index (χ2v) is 10.9. The van der Waals surface area contributed by atoms with Crippen molar-refractivity contribution in [2.75, 3.05) is 7.11 Å². The van der Waals surface area contributed by atoms with Crippen LogP contribution >= 0.6 is 0 Å². The Labute approximate surface area is 239 Å². The minimum atomic E-state index is -0.757. The maximum Gasteiger partial charge on any atom is 0.255 e. The molecule has 4 unspecified atom stereocenters. The molecule has 0 spiro atoms. The molecule has 2 aliphatic heterocycles. The van der Waals surface area contributed by atoms with E-state index in [9.17, 15) is 14.4 Å². The molecule has 8 nitrogen and oxygen atoms in total. The van der Waals surface area contributed by atoms with Crippen molar-refractivity contribution in [2.45, 2.75) is 51.4 Å². The van der Waals surface area contributed by atoms with Crippen LogP contribution in [0, 0.1) is 5.92 Å². The third-order valence-electron chi connectivity index (χ3n) is 8.57. The molecule has 1 aromatic heterocycles. The second kappa shape index (κ2) is 10.8. The quantitative estimate of drug-likeness (QED) is 0.301. The van der Waals surface area contributed by atoms with E-state index in [1.807, 2.05) is 86.6 Å². The smallest absolute Gasteiger partial charge is 0.255 e. The number of hydrogen-bond acceptors (Lipinski definition) is 4. The lowest BCUT2D eigenvalue weighted by atomic mass is 9.89. The van der Waals surface area contributed by atoms with Crippen LogP contribution in [0.5, 0.6) is 5.75 Å². The van der Waals surface area contributed by atoms with Crippen molar-refractivity contribution in [3.05, 3.63) is 101 Å². The van der Waals surface area contributed by atoms with Gasteiger partial charge in [-0.15, -0.1) is 0 Å². The van der Waals surface area contributed by atoms with Crippen molar-refractivity contribution < 1.29 is 19.1 Å². The SMILES string of the molecule is CCC(C)C(NC(=O)C1Cc2c([nH]c3ccccc23)C2c3ccccc3C(=O)N12)C(=O)NCc1ccc(OC)cc1. The maximum absolute atomic E-state index is 14.1. The zero-order valence-corrected chi connectivity index (χ0v) is 23.4. The van der Waals surface area contributed by atoms with Gasteiger partial charge < -0.3 is 25.3 Å². The molecule has 0 aliphatic carbocycles. The number of ether oxygens (including phenoxy) is 1. The molecule has 0 saturated carbocycles. The van der Waals surface area contributed by atoms with Crippen LogP contribution in [0.4, 0.5) is 0 Å². The van der Waals surface area contributed by atoms with Gasteiger partial charge in [0, 0.05) is 35.1 Å². The fourth-order valence-corrected chi connectivity index (χ4v) is 6.13. The van der Waals surface area contributed by atoms with Crippen LogP contribution in [-0.4, -0.2) is 46.8 Å². The van der Waals surface area contributed by atoms with Gasteiger partial charge in [0.15, 0.2) is 0 Å². The number of carbonyl (C=O) groups is 3. The molecule has 3 amide bonds. The zero-order chi connectivity index (χ0) is 28.7.